The van der Waals surface area contributed by atoms with E-state index in [1.165, 1.54) is 0 Å². The van der Waals surface area contributed by atoms with Crippen LogP contribution in [0.3, 0.4) is 0 Å². The molecular formula is C15H38O5Si3. The predicted molar refractivity (Wildman–Crippen MR) is 103 cm³/mol. The Morgan fingerprint density at radius 2 is 1.22 bits per heavy atom. The summed E-state index contributed by atoms with van der Waals surface area (Å²) in [7, 11) is -1.85. The van der Waals surface area contributed by atoms with Crippen molar-refractivity contribution in [3.63, 3.8) is 0 Å². The van der Waals surface area contributed by atoms with Crippen LogP contribution in [0.4, 0.5) is 0 Å². The molecule has 0 bridgehead atoms. The smallest absolute Gasteiger partial charge is 0.412 e. The van der Waals surface area contributed by atoms with E-state index in [9.17, 15) is 0 Å². The molecule has 0 aromatic carbocycles. The largest absolute Gasteiger partial charge is 0.528 e. The van der Waals surface area contributed by atoms with Crippen LogP contribution >= 0.6 is 0 Å². The summed E-state index contributed by atoms with van der Waals surface area (Å²) in [5.74, 6) is 0. The van der Waals surface area contributed by atoms with E-state index in [0.717, 1.165) is 12.8 Å². The second-order valence-corrected chi connectivity index (χ2v) is 19.2. The molecule has 23 heavy (non-hydrogen) atoms. The summed E-state index contributed by atoms with van der Waals surface area (Å²) in [6.07, 6.45) is 1.89. The number of hydrogen-bond acceptors (Lipinski definition) is 5. The summed E-state index contributed by atoms with van der Waals surface area (Å²) in [5, 5.41) is -0.207. The van der Waals surface area contributed by atoms with Crippen molar-refractivity contribution in [2.45, 2.75) is 77.3 Å². The van der Waals surface area contributed by atoms with E-state index in [2.05, 4.69) is 46.6 Å². The Labute approximate surface area is 146 Å². The minimum atomic E-state index is -2.83. The molecule has 8 heteroatoms. The maximum atomic E-state index is 6.67. The van der Waals surface area contributed by atoms with Crippen molar-refractivity contribution < 1.29 is 22.1 Å². The molecule has 0 aliphatic rings. The third-order valence-corrected chi connectivity index (χ3v) is 12.8. The average molecular weight is 383 g/mol. The van der Waals surface area contributed by atoms with E-state index in [-0.39, 0.29) is 11.0 Å². The Balaban J connectivity index is 5.56. The van der Waals surface area contributed by atoms with Gasteiger partial charge in [-0.05, 0) is 52.5 Å². The normalized spacial score (nSPS) is 15.8. The molecule has 0 aromatic heterocycles. The summed E-state index contributed by atoms with van der Waals surface area (Å²) in [4.78, 5) is 0. The molecule has 0 aromatic rings. The topological polar surface area (TPSA) is 46.2 Å². The lowest BCUT2D eigenvalue weighted by atomic mass is 10.2. The molecule has 0 saturated carbocycles. The second-order valence-electron chi connectivity index (χ2n) is 7.40. The van der Waals surface area contributed by atoms with E-state index in [1.54, 1.807) is 21.3 Å². The Morgan fingerprint density at radius 3 is 1.48 bits per heavy atom. The van der Waals surface area contributed by atoms with Gasteiger partial charge in [-0.3, -0.25) is 0 Å². The number of hydrogen-bond donors (Lipinski definition) is 0. The van der Waals surface area contributed by atoms with Gasteiger partial charge in [-0.15, -0.1) is 0 Å². The van der Waals surface area contributed by atoms with Crippen molar-refractivity contribution in [3.05, 3.63) is 0 Å². The Bertz CT molecular complexity index is 341. The quantitative estimate of drug-likeness (QED) is 0.506. The molecule has 1 atom stereocenters. The zero-order chi connectivity index (χ0) is 18.5. The molecule has 5 nitrogen and oxygen atoms in total. The van der Waals surface area contributed by atoms with Crippen molar-refractivity contribution in [2.75, 3.05) is 21.3 Å². The zero-order valence-electron chi connectivity index (χ0n) is 17.0. The van der Waals surface area contributed by atoms with Crippen LogP contribution in [0.1, 0.15) is 33.6 Å². The maximum absolute atomic E-state index is 6.67. The summed E-state index contributed by atoms with van der Waals surface area (Å²) >= 11 is 0. The monoisotopic (exact) mass is 382 g/mol. The minimum absolute atomic E-state index is 0.207. The fourth-order valence-corrected chi connectivity index (χ4v) is 12.4. The Hall–Kier alpha value is 0.451. The third-order valence-electron chi connectivity index (χ3n) is 4.56. The molecule has 0 aliphatic heterocycles. The van der Waals surface area contributed by atoms with Gasteiger partial charge < -0.3 is 22.1 Å². The van der Waals surface area contributed by atoms with Crippen molar-refractivity contribution in [1.82, 2.24) is 0 Å². The first kappa shape index (κ1) is 23.5. The van der Waals surface area contributed by atoms with E-state index in [1.807, 2.05) is 6.92 Å². The lowest BCUT2D eigenvalue weighted by molar-refractivity contribution is 0.0491. The Morgan fingerprint density at radius 1 is 0.826 bits per heavy atom. The van der Waals surface area contributed by atoms with Crippen LogP contribution in [0.25, 0.3) is 0 Å². The molecule has 0 saturated heterocycles. The molecule has 0 radical (unpaired) electrons. The van der Waals surface area contributed by atoms with E-state index < -0.39 is 25.4 Å². The van der Waals surface area contributed by atoms with E-state index >= 15 is 0 Å². The van der Waals surface area contributed by atoms with Crippen LogP contribution in [-0.4, -0.2) is 57.7 Å². The zero-order valence-corrected chi connectivity index (χ0v) is 20.0. The van der Waals surface area contributed by atoms with Crippen LogP contribution in [0.5, 0.6) is 0 Å². The molecule has 1 unspecified atom stereocenters. The highest BCUT2D eigenvalue weighted by molar-refractivity contribution is 6.77. The van der Waals surface area contributed by atoms with E-state index in [4.69, 9.17) is 22.1 Å². The molecule has 0 spiro atoms. The van der Waals surface area contributed by atoms with Gasteiger partial charge in [-0.2, -0.15) is 0 Å². The average Bonchev–Trinajstić information content (AvgIpc) is 2.45. The lowest BCUT2D eigenvalue weighted by Crippen LogP contribution is -2.65. The highest BCUT2D eigenvalue weighted by atomic mass is 28.4. The van der Waals surface area contributed by atoms with Crippen molar-refractivity contribution in [2.24, 2.45) is 0 Å². The minimum Gasteiger partial charge on any atom is -0.412 e. The van der Waals surface area contributed by atoms with Gasteiger partial charge >= 0.3 is 8.80 Å². The van der Waals surface area contributed by atoms with Gasteiger partial charge in [0.15, 0.2) is 8.32 Å². The second kappa shape index (κ2) is 8.70. The summed E-state index contributed by atoms with van der Waals surface area (Å²) < 4.78 is 30.0. The first-order valence-corrected chi connectivity index (χ1v) is 16.5. The number of rotatable bonds is 11. The Kier molecular flexibility index (Phi) is 8.87. The van der Waals surface area contributed by atoms with Crippen molar-refractivity contribution >= 4 is 25.4 Å². The van der Waals surface area contributed by atoms with Gasteiger partial charge in [-0.1, -0.05) is 13.8 Å². The fraction of sp³-hybridized carbons (Fsp3) is 1.00. The van der Waals surface area contributed by atoms with Gasteiger partial charge in [0.05, 0.1) is 5.22 Å². The van der Waals surface area contributed by atoms with Gasteiger partial charge in [0.1, 0.15) is 5.73 Å². The SMILES string of the molecule is CCC(CC)(O[Si](C)(C)C)[Si](C)(C)OC(C)[Si](OC)(OC)OC. The van der Waals surface area contributed by atoms with Gasteiger partial charge in [-0.25, -0.2) is 0 Å². The van der Waals surface area contributed by atoms with E-state index in [0.29, 0.717) is 0 Å². The van der Waals surface area contributed by atoms with Gasteiger partial charge in [0.2, 0.25) is 8.32 Å². The molecule has 0 rings (SSSR count). The lowest BCUT2D eigenvalue weighted by Gasteiger charge is -2.49. The third kappa shape index (κ3) is 5.46. The van der Waals surface area contributed by atoms with Crippen LogP contribution in [0.15, 0.2) is 0 Å². The molecule has 0 fully saturated rings. The van der Waals surface area contributed by atoms with Crippen molar-refractivity contribution in [3.8, 4) is 0 Å². The molecule has 140 valence electrons. The van der Waals surface area contributed by atoms with Crippen LogP contribution in [0, 0.1) is 0 Å². The highest BCUT2D eigenvalue weighted by Crippen LogP contribution is 2.37. The molecule has 0 amide bonds. The first-order chi connectivity index (χ1) is 10.4. The fourth-order valence-electron chi connectivity index (χ4n) is 3.32. The van der Waals surface area contributed by atoms with Crippen molar-refractivity contribution in [1.29, 1.82) is 0 Å². The first-order valence-electron chi connectivity index (χ1n) is 8.42. The molecular weight excluding hydrogens is 344 g/mol. The van der Waals surface area contributed by atoms with Crippen LogP contribution < -0.4 is 0 Å². The highest BCUT2D eigenvalue weighted by Gasteiger charge is 2.54. The summed E-state index contributed by atoms with van der Waals surface area (Å²) in [6.45, 7) is 17.5. The molecule has 0 aliphatic carbocycles. The molecule has 0 heterocycles. The van der Waals surface area contributed by atoms with Crippen LogP contribution in [0.2, 0.25) is 32.7 Å². The summed E-state index contributed by atoms with van der Waals surface area (Å²) in [5.41, 5.74) is -0.230. The van der Waals surface area contributed by atoms with Gasteiger partial charge in [0, 0.05) is 21.3 Å². The summed E-state index contributed by atoms with van der Waals surface area (Å²) in [6, 6.07) is 0. The predicted octanol–water partition coefficient (Wildman–Crippen LogP) is 3.96. The maximum Gasteiger partial charge on any atom is 0.528 e. The molecule has 0 N–H and O–H groups in total. The van der Waals surface area contributed by atoms with Gasteiger partial charge in [0.25, 0.3) is 0 Å². The standard InChI is InChI=1S/C15H38O5Si3/c1-12-15(13-2,20-21(7,8)9)22(10,11)19-14(3)23(16-4,17-5)18-6/h14H,12-13H2,1-11H3. The van der Waals surface area contributed by atoms with Crippen LogP contribution in [-0.2, 0) is 22.1 Å².